The van der Waals surface area contributed by atoms with Crippen molar-refractivity contribution in [3.8, 4) is 0 Å². The number of imidazole rings is 1. The molecule has 3 nitrogen and oxygen atoms in total. The van der Waals surface area contributed by atoms with Crippen molar-refractivity contribution >= 4 is 15.9 Å². The Hall–Kier alpha value is -1.13. The Balaban J connectivity index is 2.17. The highest BCUT2D eigenvalue weighted by Crippen LogP contribution is 2.26. The highest BCUT2D eigenvalue weighted by molar-refractivity contribution is 9.10. The van der Waals surface area contributed by atoms with Crippen LogP contribution in [0.5, 0.6) is 0 Å². The van der Waals surface area contributed by atoms with Crippen molar-refractivity contribution in [2.24, 2.45) is 0 Å². The molecule has 84 valence electrons. The third-order valence-electron chi connectivity index (χ3n) is 2.46. The molecule has 1 atom stereocenters. The lowest BCUT2D eigenvalue weighted by molar-refractivity contribution is 0.175. The van der Waals surface area contributed by atoms with Crippen molar-refractivity contribution < 1.29 is 5.11 Å². The van der Waals surface area contributed by atoms with Crippen molar-refractivity contribution in [1.29, 1.82) is 0 Å². The molecule has 0 aliphatic rings. The SMILES string of the molecule is Cc1ccc(C(O)Cc2ncc[nH]2)c(Br)c1. The van der Waals surface area contributed by atoms with E-state index < -0.39 is 6.10 Å². The van der Waals surface area contributed by atoms with Crippen molar-refractivity contribution in [3.63, 3.8) is 0 Å². The van der Waals surface area contributed by atoms with Crippen LogP contribution < -0.4 is 0 Å². The molecule has 4 heteroatoms. The van der Waals surface area contributed by atoms with E-state index in [4.69, 9.17) is 0 Å². The van der Waals surface area contributed by atoms with Gasteiger partial charge < -0.3 is 10.1 Å². The normalized spacial score (nSPS) is 12.7. The lowest BCUT2D eigenvalue weighted by Gasteiger charge is -2.12. The van der Waals surface area contributed by atoms with Gasteiger partial charge in [0.25, 0.3) is 0 Å². The number of rotatable bonds is 3. The fourth-order valence-corrected chi connectivity index (χ4v) is 2.36. The zero-order chi connectivity index (χ0) is 11.5. The van der Waals surface area contributed by atoms with Crippen LogP contribution in [0.25, 0.3) is 0 Å². The minimum absolute atomic E-state index is 0.495. The fraction of sp³-hybridized carbons (Fsp3) is 0.250. The topological polar surface area (TPSA) is 48.9 Å². The summed E-state index contributed by atoms with van der Waals surface area (Å²) in [6.07, 6.45) is 3.40. The number of halogens is 1. The van der Waals surface area contributed by atoms with Gasteiger partial charge in [-0.15, -0.1) is 0 Å². The molecule has 0 amide bonds. The Morgan fingerprint density at radius 2 is 2.31 bits per heavy atom. The monoisotopic (exact) mass is 280 g/mol. The fourth-order valence-electron chi connectivity index (χ4n) is 1.61. The highest BCUT2D eigenvalue weighted by Gasteiger charge is 2.13. The Morgan fingerprint density at radius 3 is 2.94 bits per heavy atom. The van der Waals surface area contributed by atoms with E-state index in [9.17, 15) is 5.11 Å². The van der Waals surface area contributed by atoms with E-state index in [1.54, 1.807) is 12.4 Å². The van der Waals surface area contributed by atoms with Crippen molar-refractivity contribution in [1.82, 2.24) is 9.97 Å². The number of hydrogen-bond donors (Lipinski definition) is 2. The van der Waals surface area contributed by atoms with Gasteiger partial charge in [0.05, 0.1) is 6.10 Å². The van der Waals surface area contributed by atoms with Crippen LogP contribution in [-0.2, 0) is 6.42 Å². The van der Waals surface area contributed by atoms with Crippen molar-refractivity contribution in [2.75, 3.05) is 0 Å². The first-order valence-corrected chi connectivity index (χ1v) is 5.88. The van der Waals surface area contributed by atoms with Crippen molar-refractivity contribution in [3.05, 3.63) is 52.0 Å². The number of aromatic amines is 1. The van der Waals surface area contributed by atoms with E-state index in [0.717, 1.165) is 15.9 Å². The maximum Gasteiger partial charge on any atom is 0.108 e. The second kappa shape index (κ2) is 4.80. The maximum absolute atomic E-state index is 10.1. The van der Waals surface area contributed by atoms with E-state index in [2.05, 4.69) is 25.9 Å². The maximum atomic E-state index is 10.1. The number of benzene rings is 1. The molecule has 0 saturated heterocycles. The second-order valence-electron chi connectivity index (χ2n) is 3.78. The number of aliphatic hydroxyl groups is 1. The van der Waals surface area contributed by atoms with E-state index >= 15 is 0 Å². The zero-order valence-corrected chi connectivity index (χ0v) is 10.5. The van der Waals surface area contributed by atoms with Gasteiger partial charge >= 0.3 is 0 Å². The number of nitrogens with one attached hydrogen (secondary N) is 1. The van der Waals surface area contributed by atoms with Crippen LogP contribution in [0.4, 0.5) is 0 Å². The first kappa shape index (κ1) is 11.4. The summed E-state index contributed by atoms with van der Waals surface area (Å²) >= 11 is 3.46. The number of aryl methyl sites for hydroxylation is 1. The van der Waals surface area contributed by atoms with Crippen LogP contribution in [0, 0.1) is 6.92 Å². The molecular weight excluding hydrogens is 268 g/mol. The van der Waals surface area contributed by atoms with Crippen LogP contribution >= 0.6 is 15.9 Å². The number of H-pyrrole nitrogens is 1. The molecule has 2 N–H and O–H groups in total. The molecule has 0 saturated carbocycles. The minimum atomic E-state index is -0.541. The molecule has 1 aromatic heterocycles. The lowest BCUT2D eigenvalue weighted by atomic mass is 10.0. The molecule has 16 heavy (non-hydrogen) atoms. The van der Waals surface area contributed by atoms with Gasteiger partial charge in [-0.1, -0.05) is 28.1 Å². The molecule has 2 aromatic rings. The third kappa shape index (κ3) is 2.51. The Morgan fingerprint density at radius 1 is 1.50 bits per heavy atom. The van der Waals surface area contributed by atoms with Gasteiger partial charge in [0.15, 0.2) is 0 Å². The summed E-state index contributed by atoms with van der Waals surface area (Å²) in [6.45, 7) is 2.02. The van der Waals surface area contributed by atoms with Gasteiger partial charge in [-0.25, -0.2) is 4.98 Å². The summed E-state index contributed by atoms with van der Waals surface area (Å²) in [7, 11) is 0. The number of nitrogens with zero attached hydrogens (tertiary/aromatic N) is 1. The van der Waals surface area contributed by atoms with E-state index in [1.165, 1.54) is 5.56 Å². The van der Waals surface area contributed by atoms with Crippen molar-refractivity contribution in [2.45, 2.75) is 19.4 Å². The summed E-state index contributed by atoms with van der Waals surface area (Å²) < 4.78 is 0.937. The average Bonchev–Trinajstić information content (AvgIpc) is 2.70. The predicted molar refractivity (Wildman–Crippen MR) is 66.1 cm³/mol. The third-order valence-corrected chi connectivity index (χ3v) is 3.14. The smallest absolute Gasteiger partial charge is 0.108 e. The predicted octanol–water partition coefficient (Wildman–Crippen LogP) is 2.76. The Labute approximate surface area is 103 Å². The lowest BCUT2D eigenvalue weighted by Crippen LogP contribution is -2.04. The van der Waals surface area contributed by atoms with E-state index in [0.29, 0.717) is 6.42 Å². The summed E-state index contributed by atoms with van der Waals surface area (Å²) in [5.41, 5.74) is 2.06. The summed E-state index contributed by atoms with van der Waals surface area (Å²) in [5.74, 6) is 0.792. The summed E-state index contributed by atoms with van der Waals surface area (Å²) in [4.78, 5) is 7.08. The van der Waals surface area contributed by atoms with Crippen LogP contribution in [0.2, 0.25) is 0 Å². The molecule has 0 aliphatic heterocycles. The molecule has 0 spiro atoms. The summed E-state index contributed by atoms with van der Waals surface area (Å²) in [6, 6.07) is 5.93. The van der Waals surface area contributed by atoms with Gasteiger partial charge in [-0.05, 0) is 24.1 Å². The Bertz CT molecular complexity index is 468. The molecule has 0 fully saturated rings. The van der Waals surface area contributed by atoms with E-state index in [1.807, 2.05) is 25.1 Å². The molecule has 1 aromatic carbocycles. The van der Waals surface area contributed by atoms with Gasteiger partial charge in [0, 0.05) is 23.3 Å². The number of hydrogen-bond acceptors (Lipinski definition) is 2. The Kier molecular flexibility index (Phi) is 3.41. The van der Waals surface area contributed by atoms with Crippen LogP contribution in [0.3, 0.4) is 0 Å². The number of aromatic nitrogens is 2. The van der Waals surface area contributed by atoms with Crippen LogP contribution in [0.15, 0.2) is 35.1 Å². The molecule has 1 unspecified atom stereocenters. The van der Waals surface area contributed by atoms with Gasteiger partial charge in [0.1, 0.15) is 5.82 Å². The van der Waals surface area contributed by atoms with Gasteiger partial charge in [0.2, 0.25) is 0 Å². The highest BCUT2D eigenvalue weighted by atomic mass is 79.9. The molecule has 0 bridgehead atoms. The molecule has 0 radical (unpaired) electrons. The standard InChI is InChI=1S/C12H13BrN2O/c1-8-2-3-9(10(13)6-8)11(16)7-12-14-4-5-15-12/h2-6,11,16H,7H2,1H3,(H,14,15). The second-order valence-corrected chi connectivity index (χ2v) is 4.64. The number of aliphatic hydroxyl groups excluding tert-OH is 1. The molecule has 0 aliphatic carbocycles. The molecular formula is C12H13BrN2O. The van der Waals surface area contributed by atoms with Crippen LogP contribution in [-0.4, -0.2) is 15.1 Å². The molecule has 2 rings (SSSR count). The minimum Gasteiger partial charge on any atom is -0.388 e. The quantitative estimate of drug-likeness (QED) is 0.908. The zero-order valence-electron chi connectivity index (χ0n) is 8.94. The largest absolute Gasteiger partial charge is 0.388 e. The van der Waals surface area contributed by atoms with E-state index in [-0.39, 0.29) is 0 Å². The average molecular weight is 281 g/mol. The summed E-state index contributed by atoms with van der Waals surface area (Å²) in [5, 5.41) is 10.1. The van der Waals surface area contributed by atoms with Gasteiger partial charge in [-0.2, -0.15) is 0 Å². The van der Waals surface area contributed by atoms with Crippen LogP contribution in [0.1, 0.15) is 23.1 Å². The first-order chi connectivity index (χ1) is 7.66. The first-order valence-electron chi connectivity index (χ1n) is 5.09. The van der Waals surface area contributed by atoms with Gasteiger partial charge in [-0.3, -0.25) is 0 Å². The molecule has 1 heterocycles.